The van der Waals surface area contributed by atoms with Gasteiger partial charge in [-0.3, -0.25) is 0 Å². The van der Waals surface area contributed by atoms with Crippen LogP contribution in [-0.4, -0.2) is 18.6 Å². The first-order valence-electron chi connectivity index (χ1n) is 4.84. The van der Waals surface area contributed by atoms with E-state index in [4.69, 9.17) is 16.3 Å². The Labute approximate surface area is 80.4 Å². The summed E-state index contributed by atoms with van der Waals surface area (Å²) in [6, 6.07) is 0. The van der Waals surface area contributed by atoms with Crippen molar-refractivity contribution in [2.24, 2.45) is 17.8 Å². The second-order valence-corrected chi connectivity index (χ2v) is 4.68. The molecule has 0 amide bonds. The van der Waals surface area contributed by atoms with E-state index in [0.717, 1.165) is 13.2 Å². The molecule has 3 unspecified atom stereocenters. The summed E-state index contributed by atoms with van der Waals surface area (Å²) in [5.74, 6) is 1.85. The van der Waals surface area contributed by atoms with Crippen molar-refractivity contribution in [1.82, 2.24) is 0 Å². The molecule has 0 spiro atoms. The molecule has 2 heteroatoms. The van der Waals surface area contributed by atoms with Gasteiger partial charge in [0, 0.05) is 18.6 Å². The standard InChI is InChI=1S/C10H19ClO/c1-7(2)10(11)8(3)9-4-5-12-6-9/h7-10H,4-6H2,1-3H3. The molecule has 12 heavy (non-hydrogen) atoms. The summed E-state index contributed by atoms with van der Waals surface area (Å²) in [7, 11) is 0. The van der Waals surface area contributed by atoms with Crippen LogP contribution in [0.2, 0.25) is 0 Å². The molecule has 0 aromatic carbocycles. The maximum atomic E-state index is 6.29. The third kappa shape index (κ3) is 2.37. The van der Waals surface area contributed by atoms with E-state index in [2.05, 4.69) is 20.8 Å². The zero-order chi connectivity index (χ0) is 9.14. The van der Waals surface area contributed by atoms with Crippen LogP contribution in [0.5, 0.6) is 0 Å². The van der Waals surface area contributed by atoms with Crippen molar-refractivity contribution in [3.63, 3.8) is 0 Å². The fourth-order valence-electron chi connectivity index (χ4n) is 1.83. The molecule has 0 aromatic rings. The van der Waals surface area contributed by atoms with E-state index >= 15 is 0 Å². The quantitative estimate of drug-likeness (QED) is 0.622. The van der Waals surface area contributed by atoms with Crippen LogP contribution in [0.25, 0.3) is 0 Å². The molecule has 0 aliphatic carbocycles. The summed E-state index contributed by atoms with van der Waals surface area (Å²) in [5.41, 5.74) is 0. The van der Waals surface area contributed by atoms with Crippen molar-refractivity contribution >= 4 is 11.6 Å². The largest absolute Gasteiger partial charge is 0.381 e. The molecule has 1 heterocycles. The molecule has 0 saturated carbocycles. The van der Waals surface area contributed by atoms with Crippen LogP contribution >= 0.6 is 11.6 Å². The minimum atomic E-state index is 0.302. The lowest BCUT2D eigenvalue weighted by Gasteiger charge is -2.25. The minimum Gasteiger partial charge on any atom is -0.381 e. The van der Waals surface area contributed by atoms with Crippen molar-refractivity contribution in [2.45, 2.75) is 32.6 Å². The van der Waals surface area contributed by atoms with Crippen LogP contribution in [0, 0.1) is 17.8 Å². The Bertz CT molecular complexity index is 128. The summed E-state index contributed by atoms with van der Waals surface area (Å²) in [4.78, 5) is 0. The predicted octanol–water partition coefficient (Wildman–Crippen LogP) is 2.92. The maximum Gasteiger partial charge on any atom is 0.0498 e. The molecular weight excluding hydrogens is 172 g/mol. The summed E-state index contributed by atoms with van der Waals surface area (Å²) >= 11 is 6.29. The fourth-order valence-corrected chi connectivity index (χ4v) is 2.04. The third-order valence-electron chi connectivity index (χ3n) is 2.85. The van der Waals surface area contributed by atoms with Gasteiger partial charge in [-0.25, -0.2) is 0 Å². The maximum absolute atomic E-state index is 6.29. The van der Waals surface area contributed by atoms with Crippen molar-refractivity contribution in [3.05, 3.63) is 0 Å². The second-order valence-electron chi connectivity index (χ2n) is 4.17. The normalized spacial score (nSPS) is 29.2. The first kappa shape index (κ1) is 10.3. The Kier molecular flexibility index (Phi) is 3.85. The number of rotatable bonds is 3. The Balaban J connectivity index is 2.39. The Hall–Kier alpha value is 0.250. The van der Waals surface area contributed by atoms with E-state index in [9.17, 15) is 0 Å². The van der Waals surface area contributed by atoms with Crippen LogP contribution < -0.4 is 0 Å². The first-order valence-corrected chi connectivity index (χ1v) is 5.28. The van der Waals surface area contributed by atoms with Crippen LogP contribution in [0.1, 0.15) is 27.2 Å². The highest BCUT2D eigenvalue weighted by atomic mass is 35.5. The lowest BCUT2D eigenvalue weighted by atomic mass is 9.86. The van der Waals surface area contributed by atoms with Gasteiger partial charge < -0.3 is 4.74 Å². The van der Waals surface area contributed by atoms with Crippen LogP contribution in [0.15, 0.2) is 0 Å². The highest BCUT2D eigenvalue weighted by Crippen LogP contribution is 2.30. The highest BCUT2D eigenvalue weighted by Gasteiger charge is 2.28. The van der Waals surface area contributed by atoms with Crippen molar-refractivity contribution in [3.8, 4) is 0 Å². The van der Waals surface area contributed by atoms with Gasteiger partial charge in [-0.2, -0.15) is 0 Å². The summed E-state index contributed by atoms with van der Waals surface area (Å²) in [6.45, 7) is 8.46. The van der Waals surface area contributed by atoms with Crippen molar-refractivity contribution < 1.29 is 4.74 Å². The van der Waals surface area contributed by atoms with Crippen LogP contribution in [-0.2, 0) is 4.74 Å². The van der Waals surface area contributed by atoms with Gasteiger partial charge in [0.1, 0.15) is 0 Å². The Morgan fingerprint density at radius 2 is 2.00 bits per heavy atom. The number of ether oxygens (including phenoxy) is 1. The van der Waals surface area contributed by atoms with E-state index in [-0.39, 0.29) is 0 Å². The number of hydrogen-bond acceptors (Lipinski definition) is 1. The van der Waals surface area contributed by atoms with Crippen molar-refractivity contribution in [2.75, 3.05) is 13.2 Å². The molecule has 1 aliphatic rings. The molecule has 1 saturated heterocycles. The van der Waals surface area contributed by atoms with E-state index in [1.165, 1.54) is 6.42 Å². The topological polar surface area (TPSA) is 9.23 Å². The zero-order valence-electron chi connectivity index (χ0n) is 8.22. The summed E-state index contributed by atoms with van der Waals surface area (Å²) < 4.78 is 5.35. The molecule has 0 bridgehead atoms. The van der Waals surface area contributed by atoms with Crippen LogP contribution in [0.4, 0.5) is 0 Å². The molecule has 1 fully saturated rings. The van der Waals surface area contributed by atoms with Gasteiger partial charge in [-0.05, 0) is 24.2 Å². The van der Waals surface area contributed by atoms with Gasteiger partial charge in [0.25, 0.3) is 0 Å². The molecule has 1 aliphatic heterocycles. The van der Waals surface area contributed by atoms with Crippen molar-refractivity contribution in [1.29, 1.82) is 0 Å². The third-order valence-corrected chi connectivity index (χ3v) is 3.75. The van der Waals surface area contributed by atoms with Gasteiger partial charge in [0.15, 0.2) is 0 Å². The molecule has 1 rings (SSSR count). The average Bonchev–Trinajstić information content (AvgIpc) is 2.53. The van der Waals surface area contributed by atoms with Gasteiger partial charge in [0.2, 0.25) is 0 Å². The Morgan fingerprint density at radius 1 is 1.33 bits per heavy atom. The number of halogens is 1. The van der Waals surface area contributed by atoms with Crippen LogP contribution in [0.3, 0.4) is 0 Å². The molecule has 0 aromatic heterocycles. The molecule has 0 N–H and O–H groups in total. The molecule has 72 valence electrons. The fraction of sp³-hybridized carbons (Fsp3) is 1.00. The smallest absolute Gasteiger partial charge is 0.0498 e. The molecule has 1 nitrogen and oxygen atoms in total. The van der Waals surface area contributed by atoms with E-state index < -0.39 is 0 Å². The molecular formula is C10H19ClO. The average molecular weight is 191 g/mol. The lowest BCUT2D eigenvalue weighted by molar-refractivity contribution is 0.170. The Morgan fingerprint density at radius 3 is 2.42 bits per heavy atom. The summed E-state index contributed by atoms with van der Waals surface area (Å²) in [6.07, 6.45) is 1.19. The summed E-state index contributed by atoms with van der Waals surface area (Å²) in [5, 5.41) is 0.302. The van der Waals surface area contributed by atoms with E-state index in [0.29, 0.717) is 23.1 Å². The number of hydrogen-bond donors (Lipinski definition) is 0. The molecule has 0 radical (unpaired) electrons. The number of alkyl halides is 1. The van der Waals surface area contributed by atoms with Gasteiger partial charge in [-0.15, -0.1) is 11.6 Å². The lowest BCUT2D eigenvalue weighted by Crippen LogP contribution is -2.25. The zero-order valence-corrected chi connectivity index (χ0v) is 8.97. The highest BCUT2D eigenvalue weighted by molar-refractivity contribution is 6.20. The molecule has 3 atom stereocenters. The SMILES string of the molecule is CC(C)C(Cl)C(C)C1CCOC1. The second kappa shape index (κ2) is 4.48. The van der Waals surface area contributed by atoms with Gasteiger partial charge >= 0.3 is 0 Å². The van der Waals surface area contributed by atoms with E-state index in [1.54, 1.807) is 0 Å². The van der Waals surface area contributed by atoms with Gasteiger partial charge in [0.05, 0.1) is 0 Å². The monoisotopic (exact) mass is 190 g/mol. The minimum absolute atomic E-state index is 0.302. The van der Waals surface area contributed by atoms with E-state index in [1.807, 2.05) is 0 Å². The first-order chi connectivity index (χ1) is 5.63. The predicted molar refractivity (Wildman–Crippen MR) is 52.6 cm³/mol. The van der Waals surface area contributed by atoms with Gasteiger partial charge in [-0.1, -0.05) is 20.8 Å².